The van der Waals surface area contributed by atoms with Crippen molar-refractivity contribution >= 4 is 23.2 Å². The summed E-state index contributed by atoms with van der Waals surface area (Å²) in [6, 6.07) is 1.54. The lowest BCUT2D eigenvalue weighted by Gasteiger charge is -2.34. The molecule has 0 radical (unpaired) electrons. The van der Waals surface area contributed by atoms with Gasteiger partial charge in [0.25, 0.3) is 0 Å². The average Bonchev–Trinajstić information content (AvgIpc) is 2.88. The molecule has 1 aliphatic heterocycles. The lowest BCUT2D eigenvalue weighted by atomic mass is 10.1. The molecule has 1 aliphatic rings. The lowest BCUT2D eigenvalue weighted by Crippen LogP contribution is -2.55. The van der Waals surface area contributed by atoms with Crippen molar-refractivity contribution in [3.63, 3.8) is 0 Å². The molecule has 1 aromatic rings. The standard InChI is InChI=1S/C16H24N2O3S/c1-5-14-10(2)8-15(22-14)11(3)17-16(20)13-9-21-7-6-18(13)12(4)19/h8,11,13H,5-7,9H2,1-4H3,(H,17,20)/t11-,13+/m0/s1. The minimum absolute atomic E-state index is 0.0627. The normalized spacial score (nSPS) is 19.8. The van der Waals surface area contributed by atoms with Crippen molar-refractivity contribution in [2.45, 2.75) is 46.2 Å². The summed E-state index contributed by atoms with van der Waals surface area (Å²) in [5.74, 6) is -0.233. The number of carbonyl (C=O) groups is 2. The summed E-state index contributed by atoms with van der Waals surface area (Å²) in [5, 5.41) is 3.01. The van der Waals surface area contributed by atoms with E-state index in [1.54, 1.807) is 16.2 Å². The largest absolute Gasteiger partial charge is 0.377 e. The number of hydrogen-bond acceptors (Lipinski definition) is 4. The lowest BCUT2D eigenvalue weighted by molar-refractivity contribution is -0.147. The number of nitrogens with one attached hydrogen (secondary N) is 1. The van der Waals surface area contributed by atoms with Gasteiger partial charge in [-0.2, -0.15) is 0 Å². The van der Waals surface area contributed by atoms with Crippen LogP contribution in [0.4, 0.5) is 0 Å². The van der Waals surface area contributed by atoms with E-state index in [4.69, 9.17) is 4.74 Å². The number of amides is 2. The molecule has 0 saturated carbocycles. The molecule has 2 rings (SSSR count). The first-order valence-electron chi connectivity index (χ1n) is 7.68. The maximum Gasteiger partial charge on any atom is 0.245 e. The molecule has 1 saturated heterocycles. The van der Waals surface area contributed by atoms with E-state index in [1.807, 2.05) is 6.92 Å². The van der Waals surface area contributed by atoms with Crippen LogP contribution in [0.15, 0.2) is 6.07 Å². The van der Waals surface area contributed by atoms with E-state index in [2.05, 4.69) is 25.2 Å². The van der Waals surface area contributed by atoms with Crippen LogP contribution in [0, 0.1) is 6.92 Å². The number of thiophene rings is 1. The molecular weight excluding hydrogens is 300 g/mol. The Morgan fingerprint density at radius 2 is 2.27 bits per heavy atom. The van der Waals surface area contributed by atoms with E-state index in [9.17, 15) is 9.59 Å². The van der Waals surface area contributed by atoms with Crippen molar-refractivity contribution in [1.82, 2.24) is 10.2 Å². The van der Waals surface area contributed by atoms with Gasteiger partial charge in [-0.1, -0.05) is 6.92 Å². The van der Waals surface area contributed by atoms with E-state index < -0.39 is 6.04 Å². The fraction of sp³-hybridized carbons (Fsp3) is 0.625. The molecule has 0 bridgehead atoms. The van der Waals surface area contributed by atoms with Gasteiger partial charge >= 0.3 is 0 Å². The van der Waals surface area contributed by atoms with Gasteiger partial charge in [0.2, 0.25) is 11.8 Å². The van der Waals surface area contributed by atoms with Crippen LogP contribution in [0.1, 0.15) is 42.1 Å². The van der Waals surface area contributed by atoms with Crippen LogP contribution in [0.2, 0.25) is 0 Å². The summed E-state index contributed by atoms with van der Waals surface area (Å²) in [6.45, 7) is 8.93. The predicted octanol–water partition coefficient (Wildman–Crippen LogP) is 2.04. The average molecular weight is 324 g/mol. The molecule has 122 valence electrons. The summed E-state index contributed by atoms with van der Waals surface area (Å²) in [6.07, 6.45) is 1.01. The number of hydrogen-bond donors (Lipinski definition) is 1. The van der Waals surface area contributed by atoms with Crippen molar-refractivity contribution in [3.8, 4) is 0 Å². The molecule has 2 atom stereocenters. The molecule has 2 amide bonds. The minimum atomic E-state index is -0.527. The van der Waals surface area contributed by atoms with Crippen LogP contribution in [-0.2, 0) is 20.7 Å². The first kappa shape index (κ1) is 17.0. The quantitative estimate of drug-likeness (QED) is 0.922. The molecule has 5 nitrogen and oxygen atoms in total. The Kier molecular flexibility index (Phi) is 5.58. The minimum Gasteiger partial charge on any atom is -0.377 e. The highest BCUT2D eigenvalue weighted by molar-refractivity contribution is 7.12. The van der Waals surface area contributed by atoms with Crippen LogP contribution in [0.25, 0.3) is 0 Å². The maximum atomic E-state index is 12.5. The summed E-state index contributed by atoms with van der Waals surface area (Å²) in [7, 11) is 0. The van der Waals surface area contributed by atoms with Gasteiger partial charge in [-0.05, 0) is 31.9 Å². The molecule has 22 heavy (non-hydrogen) atoms. The monoisotopic (exact) mass is 324 g/mol. The number of rotatable bonds is 4. The highest BCUT2D eigenvalue weighted by Gasteiger charge is 2.32. The van der Waals surface area contributed by atoms with Crippen LogP contribution in [0.5, 0.6) is 0 Å². The molecule has 6 heteroatoms. The molecule has 0 unspecified atom stereocenters. The Labute approximate surface area is 135 Å². The van der Waals surface area contributed by atoms with Crippen LogP contribution >= 0.6 is 11.3 Å². The Hall–Kier alpha value is -1.40. The van der Waals surface area contributed by atoms with E-state index in [-0.39, 0.29) is 24.5 Å². The first-order chi connectivity index (χ1) is 10.4. The number of nitrogens with zero attached hydrogens (tertiary/aromatic N) is 1. The highest BCUT2D eigenvalue weighted by atomic mass is 32.1. The SMILES string of the molecule is CCc1sc([C@H](C)NC(=O)[C@H]2COCCN2C(C)=O)cc1C. The van der Waals surface area contributed by atoms with Gasteiger partial charge in [0.15, 0.2) is 0 Å². The molecule has 1 N–H and O–H groups in total. The van der Waals surface area contributed by atoms with E-state index >= 15 is 0 Å². The Morgan fingerprint density at radius 3 is 2.86 bits per heavy atom. The Balaban J connectivity index is 2.04. The zero-order valence-corrected chi connectivity index (χ0v) is 14.5. The van der Waals surface area contributed by atoms with Crippen LogP contribution in [0.3, 0.4) is 0 Å². The second kappa shape index (κ2) is 7.24. The second-order valence-corrected chi connectivity index (χ2v) is 6.81. The van der Waals surface area contributed by atoms with Crippen molar-refractivity contribution < 1.29 is 14.3 Å². The fourth-order valence-corrected chi connectivity index (χ4v) is 3.81. The third kappa shape index (κ3) is 3.67. The second-order valence-electron chi connectivity index (χ2n) is 5.64. The zero-order chi connectivity index (χ0) is 16.3. The molecule has 0 spiro atoms. The van der Waals surface area contributed by atoms with Gasteiger partial charge in [-0.25, -0.2) is 0 Å². The Bertz CT molecular complexity index is 556. The topological polar surface area (TPSA) is 58.6 Å². The first-order valence-corrected chi connectivity index (χ1v) is 8.50. The summed E-state index contributed by atoms with van der Waals surface area (Å²) in [5.41, 5.74) is 1.27. The van der Waals surface area contributed by atoms with Gasteiger partial charge in [0.05, 0.1) is 19.3 Å². The number of carbonyl (C=O) groups excluding carboxylic acids is 2. The molecular formula is C16H24N2O3S. The third-order valence-electron chi connectivity index (χ3n) is 3.98. The van der Waals surface area contributed by atoms with E-state index in [0.717, 1.165) is 11.3 Å². The zero-order valence-electron chi connectivity index (χ0n) is 13.6. The van der Waals surface area contributed by atoms with Gasteiger partial charge in [0, 0.05) is 23.2 Å². The molecule has 1 aromatic heterocycles. The van der Waals surface area contributed by atoms with Gasteiger partial charge in [-0.3, -0.25) is 9.59 Å². The summed E-state index contributed by atoms with van der Waals surface area (Å²) < 4.78 is 5.36. The van der Waals surface area contributed by atoms with E-state index in [0.29, 0.717) is 13.2 Å². The molecule has 0 aliphatic carbocycles. The Morgan fingerprint density at radius 1 is 1.55 bits per heavy atom. The third-order valence-corrected chi connectivity index (χ3v) is 5.55. The smallest absolute Gasteiger partial charge is 0.245 e. The van der Waals surface area contributed by atoms with Gasteiger partial charge < -0.3 is 15.0 Å². The van der Waals surface area contributed by atoms with Crippen molar-refractivity contribution in [2.75, 3.05) is 19.8 Å². The van der Waals surface area contributed by atoms with Gasteiger partial charge in [-0.15, -0.1) is 11.3 Å². The summed E-state index contributed by atoms with van der Waals surface area (Å²) in [4.78, 5) is 28.2. The van der Waals surface area contributed by atoms with Crippen molar-refractivity contribution in [1.29, 1.82) is 0 Å². The summed E-state index contributed by atoms with van der Waals surface area (Å²) >= 11 is 1.74. The van der Waals surface area contributed by atoms with Crippen LogP contribution in [-0.4, -0.2) is 42.5 Å². The van der Waals surface area contributed by atoms with E-state index in [1.165, 1.54) is 17.4 Å². The number of morpholine rings is 1. The number of ether oxygens (including phenoxy) is 1. The maximum absolute atomic E-state index is 12.5. The molecule has 1 fully saturated rings. The van der Waals surface area contributed by atoms with Crippen LogP contribution < -0.4 is 5.32 Å². The fourth-order valence-electron chi connectivity index (χ4n) is 2.69. The van der Waals surface area contributed by atoms with Crippen molar-refractivity contribution in [3.05, 3.63) is 21.4 Å². The molecule has 0 aromatic carbocycles. The molecule has 2 heterocycles. The number of aryl methyl sites for hydroxylation is 2. The predicted molar refractivity (Wildman–Crippen MR) is 87.0 cm³/mol. The van der Waals surface area contributed by atoms with Crippen molar-refractivity contribution in [2.24, 2.45) is 0 Å². The highest BCUT2D eigenvalue weighted by Crippen LogP contribution is 2.27. The van der Waals surface area contributed by atoms with Gasteiger partial charge in [0.1, 0.15) is 6.04 Å².